The molecule has 8 heteroatoms. The van der Waals surface area contributed by atoms with Crippen molar-refractivity contribution in [2.75, 3.05) is 5.32 Å². The number of unbranched alkanes of at least 4 members (excludes halogenated alkanes) is 1. The Labute approximate surface area is 139 Å². The maximum atomic E-state index is 12.1. The summed E-state index contributed by atoms with van der Waals surface area (Å²) >= 11 is 1.45. The highest BCUT2D eigenvalue weighted by Gasteiger charge is 2.22. The summed E-state index contributed by atoms with van der Waals surface area (Å²) in [6, 6.07) is 1.68. The number of aromatic nitrogens is 3. The zero-order chi connectivity index (χ0) is 16.8. The maximum Gasteiger partial charge on any atom is 0.239 e. The van der Waals surface area contributed by atoms with E-state index < -0.39 is 0 Å². The number of rotatable bonds is 8. The highest BCUT2D eigenvalue weighted by molar-refractivity contribution is 8.00. The van der Waals surface area contributed by atoms with Gasteiger partial charge in [0.15, 0.2) is 5.82 Å². The van der Waals surface area contributed by atoms with Crippen LogP contribution < -0.4 is 5.32 Å². The second kappa shape index (κ2) is 8.14. The first-order valence-electron chi connectivity index (χ1n) is 7.71. The van der Waals surface area contributed by atoms with Crippen LogP contribution in [0.25, 0.3) is 0 Å². The largest absolute Gasteiger partial charge is 0.338 e. The van der Waals surface area contributed by atoms with Crippen molar-refractivity contribution in [2.45, 2.75) is 57.5 Å². The summed E-state index contributed by atoms with van der Waals surface area (Å²) in [4.78, 5) is 16.5. The fraction of sp³-hybridized carbons (Fsp3) is 0.600. The summed E-state index contributed by atoms with van der Waals surface area (Å²) in [5.74, 6) is 1.48. The number of nitrogens with one attached hydrogen (secondary N) is 1. The second-order valence-corrected chi connectivity index (χ2v) is 7.08. The number of anilines is 1. The molecule has 2 rings (SSSR count). The van der Waals surface area contributed by atoms with Gasteiger partial charge < -0.3 is 9.05 Å². The lowest BCUT2D eigenvalue weighted by molar-refractivity contribution is -0.115. The average molecular weight is 338 g/mol. The third kappa shape index (κ3) is 5.09. The molecule has 0 aromatic carbocycles. The van der Waals surface area contributed by atoms with Gasteiger partial charge in [0.25, 0.3) is 0 Å². The van der Waals surface area contributed by atoms with Gasteiger partial charge in [0, 0.05) is 12.5 Å². The van der Waals surface area contributed by atoms with Crippen molar-refractivity contribution in [3.8, 4) is 0 Å². The van der Waals surface area contributed by atoms with Crippen LogP contribution in [0.4, 0.5) is 5.88 Å². The van der Waals surface area contributed by atoms with Gasteiger partial charge >= 0.3 is 0 Å². The molecule has 7 nitrogen and oxygen atoms in total. The van der Waals surface area contributed by atoms with E-state index in [1.165, 1.54) is 11.8 Å². The zero-order valence-electron chi connectivity index (χ0n) is 13.8. The fourth-order valence-corrected chi connectivity index (χ4v) is 2.95. The fourth-order valence-electron chi connectivity index (χ4n) is 1.94. The van der Waals surface area contributed by atoms with E-state index in [0.29, 0.717) is 11.8 Å². The van der Waals surface area contributed by atoms with Crippen LogP contribution in [0.15, 0.2) is 15.1 Å². The normalized spacial score (nSPS) is 13.7. The van der Waals surface area contributed by atoms with Crippen molar-refractivity contribution in [1.82, 2.24) is 15.3 Å². The van der Waals surface area contributed by atoms with E-state index in [0.717, 1.165) is 30.8 Å². The third-order valence-electron chi connectivity index (χ3n) is 3.24. The van der Waals surface area contributed by atoms with E-state index in [2.05, 4.69) is 27.5 Å². The van der Waals surface area contributed by atoms with Gasteiger partial charge in [-0.3, -0.25) is 10.1 Å². The Hall–Kier alpha value is -1.83. The number of amides is 1. The summed E-state index contributed by atoms with van der Waals surface area (Å²) in [5.41, 5.74) is 0.722. The van der Waals surface area contributed by atoms with Crippen molar-refractivity contribution < 1.29 is 13.8 Å². The minimum Gasteiger partial charge on any atom is -0.338 e. The molecule has 0 radical (unpaired) electrons. The van der Waals surface area contributed by atoms with Crippen molar-refractivity contribution in [2.24, 2.45) is 0 Å². The average Bonchev–Trinajstić information content (AvgIpc) is 3.14. The molecule has 0 aliphatic rings. The number of carbonyl (C=O) groups excluding carboxylic acids is 1. The summed E-state index contributed by atoms with van der Waals surface area (Å²) in [6.07, 6.45) is 2.95. The van der Waals surface area contributed by atoms with Crippen LogP contribution in [0.3, 0.4) is 0 Å². The molecule has 1 N–H and O–H groups in total. The first-order valence-corrected chi connectivity index (χ1v) is 8.66. The lowest BCUT2D eigenvalue weighted by atomic mass is 10.2. The van der Waals surface area contributed by atoms with Crippen LogP contribution in [0, 0.1) is 6.92 Å². The third-order valence-corrected chi connectivity index (χ3v) is 4.47. The zero-order valence-corrected chi connectivity index (χ0v) is 14.6. The molecule has 126 valence electrons. The number of aryl methyl sites for hydroxylation is 2. The van der Waals surface area contributed by atoms with E-state index in [4.69, 9.17) is 9.05 Å². The van der Waals surface area contributed by atoms with Crippen molar-refractivity contribution in [1.29, 1.82) is 0 Å². The van der Waals surface area contributed by atoms with Crippen LogP contribution in [-0.4, -0.2) is 26.5 Å². The van der Waals surface area contributed by atoms with Crippen molar-refractivity contribution >= 4 is 23.6 Å². The molecule has 0 aliphatic carbocycles. The minimum atomic E-state index is -0.290. The van der Waals surface area contributed by atoms with Gasteiger partial charge in [-0.25, -0.2) is 0 Å². The molecule has 0 fully saturated rings. The van der Waals surface area contributed by atoms with E-state index in [-0.39, 0.29) is 16.4 Å². The van der Waals surface area contributed by atoms with Crippen LogP contribution >= 0.6 is 11.8 Å². The number of hydrogen-bond acceptors (Lipinski definition) is 7. The Morgan fingerprint density at radius 3 is 2.78 bits per heavy atom. The maximum absolute atomic E-state index is 12.1. The molecule has 0 unspecified atom stereocenters. The van der Waals surface area contributed by atoms with Gasteiger partial charge in [0.05, 0.1) is 16.2 Å². The van der Waals surface area contributed by atoms with Crippen LogP contribution in [0.2, 0.25) is 0 Å². The molecule has 0 saturated heterocycles. The molecular weight excluding hydrogens is 316 g/mol. The van der Waals surface area contributed by atoms with Crippen LogP contribution in [0.1, 0.15) is 56.3 Å². The molecule has 0 saturated carbocycles. The smallest absolute Gasteiger partial charge is 0.239 e. The van der Waals surface area contributed by atoms with E-state index >= 15 is 0 Å². The quantitative estimate of drug-likeness (QED) is 0.786. The summed E-state index contributed by atoms with van der Waals surface area (Å²) in [5, 5.41) is 10.1. The van der Waals surface area contributed by atoms with Crippen LogP contribution in [0.5, 0.6) is 0 Å². The van der Waals surface area contributed by atoms with Gasteiger partial charge in [0.2, 0.25) is 17.7 Å². The van der Waals surface area contributed by atoms with Gasteiger partial charge in [-0.2, -0.15) is 4.98 Å². The molecule has 2 aromatic rings. The predicted octanol–water partition coefficient (Wildman–Crippen LogP) is 3.53. The Bertz CT molecular complexity index is 640. The lowest BCUT2D eigenvalue weighted by Crippen LogP contribution is -2.22. The summed E-state index contributed by atoms with van der Waals surface area (Å²) in [7, 11) is 0. The standard InChI is InChI=1S/C15H22N4O3S/c1-5-6-7-12-16-15(22-19-12)11(4)23-10(3)14(20)17-13-8-9(2)18-21-13/h8,10-11H,5-7H2,1-4H3,(H,17,20)/t10-,11+/m1/s1. The summed E-state index contributed by atoms with van der Waals surface area (Å²) in [6.45, 7) is 7.69. The minimum absolute atomic E-state index is 0.0601. The molecule has 23 heavy (non-hydrogen) atoms. The topological polar surface area (TPSA) is 94.1 Å². The summed E-state index contributed by atoms with van der Waals surface area (Å²) < 4.78 is 10.3. The first-order chi connectivity index (χ1) is 11.0. The van der Waals surface area contributed by atoms with Crippen molar-refractivity contribution in [3.05, 3.63) is 23.5 Å². The number of thioether (sulfide) groups is 1. The SMILES string of the molecule is CCCCc1noc([C@H](C)S[C@H](C)C(=O)Nc2cc(C)no2)n1. The Balaban J connectivity index is 1.87. The number of carbonyl (C=O) groups is 1. The predicted molar refractivity (Wildman–Crippen MR) is 88.2 cm³/mol. The molecule has 0 aliphatic heterocycles. The number of hydrogen-bond donors (Lipinski definition) is 1. The monoisotopic (exact) mass is 338 g/mol. The van der Waals surface area contributed by atoms with Gasteiger partial charge in [-0.15, -0.1) is 11.8 Å². The first kappa shape index (κ1) is 17.5. The Kier molecular flexibility index (Phi) is 6.20. The van der Waals surface area contributed by atoms with E-state index in [9.17, 15) is 4.79 Å². The highest BCUT2D eigenvalue weighted by Crippen LogP contribution is 2.31. The molecular formula is C15H22N4O3S. The molecule has 2 heterocycles. The van der Waals surface area contributed by atoms with Gasteiger partial charge in [0.1, 0.15) is 0 Å². The van der Waals surface area contributed by atoms with Crippen LogP contribution in [-0.2, 0) is 11.2 Å². The van der Waals surface area contributed by atoms with E-state index in [1.54, 1.807) is 13.0 Å². The van der Waals surface area contributed by atoms with Gasteiger partial charge in [-0.05, 0) is 27.2 Å². The number of nitrogens with zero attached hydrogens (tertiary/aromatic N) is 3. The highest BCUT2D eigenvalue weighted by atomic mass is 32.2. The lowest BCUT2D eigenvalue weighted by Gasteiger charge is -2.13. The Morgan fingerprint density at radius 2 is 2.13 bits per heavy atom. The molecule has 1 amide bonds. The molecule has 0 spiro atoms. The second-order valence-electron chi connectivity index (χ2n) is 5.39. The van der Waals surface area contributed by atoms with Crippen molar-refractivity contribution in [3.63, 3.8) is 0 Å². The molecule has 0 bridgehead atoms. The Morgan fingerprint density at radius 1 is 1.35 bits per heavy atom. The molecule has 2 atom stereocenters. The van der Waals surface area contributed by atoms with E-state index in [1.807, 2.05) is 13.8 Å². The van der Waals surface area contributed by atoms with Gasteiger partial charge in [-0.1, -0.05) is 23.7 Å². The molecule has 2 aromatic heterocycles.